The van der Waals surface area contributed by atoms with Gasteiger partial charge in [0.15, 0.2) is 5.78 Å². The summed E-state index contributed by atoms with van der Waals surface area (Å²) in [6, 6.07) is 3.57. The first-order valence-electron chi connectivity index (χ1n) is 7.27. The van der Waals surface area contributed by atoms with Gasteiger partial charge in [0.1, 0.15) is 12.4 Å². The first kappa shape index (κ1) is 20.4. The summed E-state index contributed by atoms with van der Waals surface area (Å²) in [6.45, 7) is 3.70. The maximum Gasteiger partial charge on any atom is 0.389 e. The molecule has 0 fully saturated rings. The highest BCUT2D eigenvalue weighted by Gasteiger charge is 2.27. The minimum atomic E-state index is -4.32. The highest BCUT2D eigenvalue weighted by atomic mass is 19.4. The molecule has 6 heteroatoms. The summed E-state index contributed by atoms with van der Waals surface area (Å²) in [7, 11) is 0. The van der Waals surface area contributed by atoms with E-state index in [4.69, 9.17) is 5.11 Å². The number of ketones is 1. The van der Waals surface area contributed by atoms with Crippen LogP contribution in [0.4, 0.5) is 13.2 Å². The van der Waals surface area contributed by atoms with Gasteiger partial charge in [-0.3, -0.25) is 4.79 Å². The quantitative estimate of drug-likeness (QED) is 0.770. The lowest BCUT2D eigenvalue weighted by molar-refractivity contribution is -0.134. The molecule has 0 bridgehead atoms. The fraction of sp³-hybridized carbons (Fsp3) is 0.562. The molecule has 1 aromatic carbocycles. The number of phenolic OH excluding ortho intramolecular Hbond substituents is 1. The SMILES string of the molecule is CCCCC.O=C(CO)c1ccc(O)c(CCC(F)(F)F)c1. The van der Waals surface area contributed by atoms with Crippen LogP contribution in [0.3, 0.4) is 0 Å². The second kappa shape index (κ2) is 10.2. The largest absolute Gasteiger partial charge is 0.508 e. The van der Waals surface area contributed by atoms with Crippen molar-refractivity contribution in [1.29, 1.82) is 0 Å². The van der Waals surface area contributed by atoms with Crippen molar-refractivity contribution in [2.24, 2.45) is 0 Å². The number of unbranched alkanes of at least 4 members (excludes halogenated alkanes) is 2. The lowest BCUT2D eigenvalue weighted by atomic mass is 10.0. The van der Waals surface area contributed by atoms with Crippen LogP contribution in [0, 0.1) is 0 Å². The number of hydrogen-bond acceptors (Lipinski definition) is 3. The number of aliphatic hydroxyl groups excluding tert-OH is 1. The number of aromatic hydroxyl groups is 1. The standard InChI is InChI=1S/C11H11F3O3.C5H12/c12-11(13,14)4-3-8-5-7(10(17)6-15)1-2-9(8)16;1-3-5-4-2/h1-2,5,15-16H,3-4,6H2;3-5H2,1-2H3. The molecule has 126 valence electrons. The maximum absolute atomic E-state index is 12.0. The summed E-state index contributed by atoms with van der Waals surface area (Å²) in [6.07, 6.45) is -1.71. The average Bonchev–Trinajstić information content (AvgIpc) is 2.46. The number of aryl methyl sites for hydroxylation is 1. The number of alkyl halides is 3. The minimum Gasteiger partial charge on any atom is -0.508 e. The molecule has 3 nitrogen and oxygen atoms in total. The molecule has 0 spiro atoms. The number of phenols is 1. The molecule has 22 heavy (non-hydrogen) atoms. The van der Waals surface area contributed by atoms with E-state index in [0.717, 1.165) is 6.07 Å². The molecule has 0 aliphatic rings. The molecule has 0 saturated heterocycles. The van der Waals surface area contributed by atoms with E-state index in [-0.39, 0.29) is 16.9 Å². The lowest BCUT2D eigenvalue weighted by Crippen LogP contribution is -2.09. The second-order valence-corrected chi connectivity index (χ2v) is 4.89. The van der Waals surface area contributed by atoms with Gasteiger partial charge in [-0.15, -0.1) is 0 Å². The lowest BCUT2D eigenvalue weighted by Gasteiger charge is -2.09. The Hall–Kier alpha value is -1.56. The zero-order valence-electron chi connectivity index (χ0n) is 12.9. The highest BCUT2D eigenvalue weighted by molar-refractivity contribution is 5.97. The first-order chi connectivity index (χ1) is 10.2. The summed E-state index contributed by atoms with van der Waals surface area (Å²) in [4.78, 5) is 11.1. The van der Waals surface area contributed by atoms with Gasteiger partial charge in [0, 0.05) is 12.0 Å². The summed E-state index contributed by atoms with van der Waals surface area (Å²) >= 11 is 0. The van der Waals surface area contributed by atoms with Crippen molar-refractivity contribution in [2.75, 3.05) is 6.61 Å². The van der Waals surface area contributed by atoms with Gasteiger partial charge in [-0.1, -0.05) is 33.1 Å². The van der Waals surface area contributed by atoms with E-state index in [9.17, 15) is 23.1 Å². The predicted molar refractivity (Wildman–Crippen MR) is 79.1 cm³/mol. The van der Waals surface area contributed by atoms with Crippen molar-refractivity contribution in [3.8, 4) is 5.75 Å². The molecule has 0 aliphatic heterocycles. The molecule has 2 N–H and O–H groups in total. The predicted octanol–water partition coefficient (Wildman–Crippen LogP) is 4.26. The van der Waals surface area contributed by atoms with Gasteiger partial charge in [0.25, 0.3) is 0 Å². The number of benzene rings is 1. The number of halogens is 3. The van der Waals surface area contributed by atoms with E-state index in [1.54, 1.807) is 0 Å². The molecule has 0 atom stereocenters. The molecule has 0 saturated carbocycles. The minimum absolute atomic E-state index is 0.0432. The number of rotatable bonds is 6. The van der Waals surface area contributed by atoms with Crippen LogP contribution in [-0.2, 0) is 6.42 Å². The monoisotopic (exact) mass is 320 g/mol. The van der Waals surface area contributed by atoms with Gasteiger partial charge < -0.3 is 10.2 Å². The van der Waals surface area contributed by atoms with Crippen molar-refractivity contribution >= 4 is 5.78 Å². The van der Waals surface area contributed by atoms with Crippen LogP contribution in [0.1, 0.15) is 55.5 Å². The Kier molecular flexibility index (Phi) is 9.49. The molecule has 1 aromatic rings. The van der Waals surface area contributed by atoms with Gasteiger partial charge in [-0.05, 0) is 30.2 Å². The molecular weight excluding hydrogens is 297 g/mol. The molecule has 0 amide bonds. The van der Waals surface area contributed by atoms with Crippen LogP contribution < -0.4 is 0 Å². The number of carbonyl (C=O) groups is 1. The van der Waals surface area contributed by atoms with E-state index >= 15 is 0 Å². The normalized spacial score (nSPS) is 10.8. The highest BCUT2D eigenvalue weighted by Crippen LogP contribution is 2.26. The maximum atomic E-state index is 12.0. The Morgan fingerprint density at radius 3 is 2.18 bits per heavy atom. The van der Waals surface area contributed by atoms with E-state index in [0.29, 0.717) is 0 Å². The number of Topliss-reactive ketones (excluding diaryl/α,β-unsaturated/α-hetero) is 1. The van der Waals surface area contributed by atoms with Gasteiger partial charge in [0.05, 0.1) is 0 Å². The van der Waals surface area contributed by atoms with E-state index < -0.39 is 31.4 Å². The molecule has 0 unspecified atom stereocenters. The van der Waals surface area contributed by atoms with Crippen LogP contribution in [-0.4, -0.2) is 28.8 Å². The zero-order chi connectivity index (χ0) is 17.2. The first-order valence-corrected chi connectivity index (χ1v) is 7.27. The average molecular weight is 320 g/mol. The van der Waals surface area contributed by atoms with Gasteiger partial charge in [-0.25, -0.2) is 0 Å². The van der Waals surface area contributed by atoms with Gasteiger partial charge >= 0.3 is 6.18 Å². The number of hydrogen-bond donors (Lipinski definition) is 2. The van der Waals surface area contributed by atoms with Crippen LogP contribution in [0.2, 0.25) is 0 Å². The Bertz CT molecular complexity index is 454. The smallest absolute Gasteiger partial charge is 0.389 e. The summed E-state index contributed by atoms with van der Waals surface area (Å²) in [5.74, 6) is -0.887. The Morgan fingerprint density at radius 2 is 1.77 bits per heavy atom. The summed E-state index contributed by atoms with van der Waals surface area (Å²) < 4.78 is 36.0. The second-order valence-electron chi connectivity index (χ2n) is 4.89. The Balaban J connectivity index is 0.000000763. The van der Waals surface area contributed by atoms with Crippen molar-refractivity contribution in [2.45, 2.75) is 52.1 Å². The van der Waals surface area contributed by atoms with Crippen molar-refractivity contribution in [3.05, 3.63) is 29.3 Å². The Morgan fingerprint density at radius 1 is 1.18 bits per heavy atom. The van der Waals surface area contributed by atoms with Gasteiger partial charge in [0.2, 0.25) is 0 Å². The Labute approximate surface area is 128 Å². The molecular formula is C16H23F3O3. The molecule has 0 heterocycles. The summed E-state index contributed by atoms with van der Waals surface area (Å²) in [5.41, 5.74) is 0.129. The zero-order valence-corrected chi connectivity index (χ0v) is 12.9. The van der Waals surface area contributed by atoms with E-state index in [1.165, 1.54) is 31.4 Å². The van der Waals surface area contributed by atoms with Crippen LogP contribution >= 0.6 is 0 Å². The number of carbonyl (C=O) groups excluding carboxylic acids is 1. The van der Waals surface area contributed by atoms with Crippen molar-refractivity contribution in [3.63, 3.8) is 0 Å². The molecule has 0 aliphatic carbocycles. The van der Waals surface area contributed by atoms with Crippen LogP contribution in [0.15, 0.2) is 18.2 Å². The van der Waals surface area contributed by atoms with Gasteiger partial charge in [-0.2, -0.15) is 13.2 Å². The summed E-state index contributed by atoms with van der Waals surface area (Å²) in [5, 5.41) is 18.0. The van der Waals surface area contributed by atoms with Crippen molar-refractivity contribution in [1.82, 2.24) is 0 Å². The van der Waals surface area contributed by atoms with Crippen LogP contribution in [0.5, 0.6) is 5.75 Å². The topological polar surface area (TPSA) is 57.5 Å². The fourth-order valence-electron chi connectivity index (χ4n) is 1.68. The van der Waals surface area contributed by atoms with Crippen molar-refractivity contribution < 1.29 is 28.2 Å². The third kappa shape index (κ3) is 8.67. The third-order valence-corrected chi connectivity index (χ3v) is 2.93. The molecule has 0 aromatic heterocycles. The molecule has 1 rings (SSSR count). The molecule has 0 radical (unpaired) electrons. The van der Waals surface area contributed by atoms with Crippen LogP contribution in [0.25, 0.3) is 0 Å². The fourth-order valence-corrected chi connectivity index (χ4v) is 1.68. The third-order valence-electron chi connectivity index (χ3n) is 2.93. The van der Waals surface area contributed by atoms with E-state index in [2.05, 4.69) is 13.8 Å². The number of aliphatic hydroxyl groups is 1. The van der Waals surface area contributed by atoms with E-state index in [1.807, 2.05) is 0 Å².